The summed E-state index contributed by atoms with van der Waals surface area (Å²) in [5, 5.41) is 2.47. The fourth-order valence-corrected chi connectivity index (χ4v) is 3.77. The van der Waals surface area contributed by atoms with E-state index in [2.05, 4.69) is 64.9 Å². The second-order valence-electron chi connectivity index (χ2n) is 7.14. The van der Waals surface area contributed by atoms with Crippen molar-refractivity contribution >= 4 is 33.4 Å². The first-order chi connectivity index (χ1) is 14.2. The molecule has 0 bridgehead atoms. The zero-order valence-electron chi connectivity index (χ0n) is 16.8. The van der Waals surface area contributed by atoms with Crippen molar-refractivity contribution in [3.8, 4) is 11.8 Å². The lowest BCUT2D eigenvalue weighted by Crippen LogP contribution is -2.32. The maximum Gasteiger partial charge on any atom is 0.241 e. The van der Waals surface area contributed by atoms with Crippen molar-refractivity contribution in [2.45, 2.75) is 19.9 Å². The largest absolute Gasteiger partial charge is 0.329 e. The maximum absolute atomic E-state index is 12.9. The van der Waals surface area contributed by atoms with E-state index in [-0.39, 0.29) is 11.8 Å². The molecule has 4 rings (SSSR count). The number of benzene rings is 3. The van der Waals surface area contributed by atoms with Gasteiger partial charge in [0, 0.05) is 34.5 Å². The van der Waals surface area contributed by atoms with Crippen LogP contribution in [0, 0.1) is 17.8 Å². The van der Waals surface area contributed by atoms with Gasteiger partial charge in [0.15, 0.2) is 0 Å². The quantitative estimate of drug-likeness (QED) is 0.430. The standard InChI is InChI=1S/C26H24N2O/c1-3-20(26(29)27(2)21-13-5-4-6-14-21)12-11-19-28-24-17-9-7-15-22(24)23-16-8-10-18-25(23)28/h4-10,13-18,20H,3,19H2,1-2H3/t20-/m0/s1. The van der Waals surface area contributed by atoms with Crippen molar-refractivity contribution in [1.82, 2.24) is 4.57 Å². The van der Waals surface area contributed by atoms with Gasteiger partial charge in [-0.1, -0.05) is 73.4 Å². The minimum absolute atomic E-state index is 0.0356. The van der Waals surface area contributed by atoms with Gasteiger partial charge in [-0.3, -0.25) is 4.79 Å². The first-order valence-corrected chi connectivity index (χ1v) is 9.97. The Kier molecular flexibility index (Phi) is 5.35. The van der Waals surface area contributed by atoms with Gasteiger partial charge in [-0.05, 0) is 30.7 Å². The van der Waals surface area contributed by atoms with Crippen LogP contribution in [0.4, 0.5) is 5.69 Å². The van der Waals surface area contributed by atoms with E-state index in [0.717, 1.165) is 5.69 Å². The Morgan fingerprint density at radius 3 is 2.03 bits per heavy atom. The molecule has 1 amide bonds. The zero-order valence-corrected chi connectivity index (χ0v) is 16.8. The van der Waals surface area contributed by atoms with E-state index in [1.54, 1.807) is 4.90 Å². The van der Waals surface area contributed by atoms with Crippen molar-refractivity contribution < 1.29 is 4.79 Å². The van der Waals surface area contributed by atoms with E-state index >= 15 is 0 Å². The van der Waals surface area contributed by atoms with Gasteiger partial charge in [-0.15, -0.1) is 0 Å². The van der Waals surface area contributed by atoms with Crippen molar-refractivity contribution in [3.63, 3.8) is 0 Å². The number of rotatable bonds is 4. The summed E-state index contributed by atoms with van der Waals surface area (Å²) in [4.78, 5) is 14.6. The molecular formula is C26H24N2O. The van der Waals surface area contributed by atoms with E-state index in [4.69, 9.17) is 0 Å². The summed E-state index contributed by atoms with van der Waals surface area (Å²) in [5.41, 5.74) is 3.23. The summed E-state index contributed by atoms with van der Waals surface area (Å²) in [6.45, 7) is 2.57. The van der Waals surface area contributed by atoms with Crippen LogP contribution in [-0.2, 0) is 11.3 Å². The average Bonchev–Trinajstić information content (AvgIpc) is 3.10. The third-order valence-corrected chi connectivity index (χ3v) is 5.37. The van der Waals surface area contributed by atoms with Crippen LogP contribution in [0.2, 0.25) is 0 Å². The summed E-state index contributed by atoms with van der Waals surface area (Å²) in [5.74, 6) is 6.23. The van der Waals surface area contributed by atoms with Gasteiger partial charge >= 0.3 is 0 Å². The number of aromatic nitrogens is 1. The molecule has 0 aliphatic carbocycles. The fraction of sp³-hybridized carbons (Fsp3) is 0.192. The number of hydrogen-bond acceptors (Lipinski definition) is 1. The minimum Gasteiger partial charge on any atom is -0.329 e. The van der Waals surface area contributed by atoms with Gasteiger partial charge < -0.3 is 9.47 Å². The van der Waals surface area contributed by atoms with Crippen molar-refractivity contribution in [2.75, 3.05) is 11.9 Å². The Morgan fingerprint density at radius 2 is 1.45 bits per heavy atom. The summed E-state index contributed by atoms with van der Waals surface area (Å²) >= 11 is 0. The highest BCUT2D eigenvalue weighted by atomic mass is 16.2. The molecule has 0 N–H and O–H groups in total. The molecule has 1 aromatic heterocycles. The van der Waals surface area contributed by atoms with Crippen LogP contribution in [0.25, 0.3) is 21.8 Å². The number of anilines is 1. The number of amides is 1. The van der Waals surface area contributed by atoms with Gasteiger partial charge in [0.1, 0.15) is 0 Å². The lowest BCUT2D eigenvalue weighted by atomic mass is 10.1. The summed E-state index contributed by atoms with van der Waals surface area (Å²) in [7, 11) is 1.81. The monoisotopic (exact) mass is 380 g/mol. The molecule has 3 heteroatoms. The SMILES string of the molecule is CC[C@@H](C#CCn1c2ccccc2c2ccccc21)C(=O)N(C)c1ccccc1. The molecular weight excluding hydrogens is 356 g/mol. The zero-order chi connectivity index (χ0) is 20.2. The van der Waals surface area contributed by atoms with Crippen LogP contribution in [-0.4, -0.2) is 17.5 Å². The normalized spacial score (nSPS) is 11.8. The number of para-hydroxylation sites is 3. The van der Waals surface area contributed by atoms with E-state index in [9.17, 15) is 4.79 Å². The Hall–Kier alpha value is -3.51. The molecule has 29 heavy (non-hydrogen) atoms. The molecule has 4 aromatic rings. The molecule has 0 radical (unpaired) electrons. The van der Waals surface area contributed by atoms with Crippen LogP contribution in [0.3, 0.4) is 0 Å². The lowest BCUT2D eigenvalue weighted by Gasteiger charge is -2.20. The highest BCUT2D eigenvalue weighted by Crippen LogP contribution is 2.28. The number of carbonyl (C=O) groups excluding carboxylic acids is 1. The van der Waals surface area contributed by atoms with E-state index in [1.807, 2.05) is 44.3 Å². The third kappa shape index (κ3) is 3.62. The number of hydrogen-bond donors (Lipinski definition) is 0. The highest BCUT2D eigenvalue weighted by molar-refractivity contribution is 6.08. The molecule has 0 saturated heterocycles. The Labute approximate surface area is 171 Å². The van der Waals surface area contributed by atoms with Crippen LogP contribution in [0.5, 0.6) is 0 Å². The smallest absolute Gasteiger partial charge is 0.241 e. The van der Waals surface area contributed by atoms with Crippen LogP contribution in [0.1, 0.15) is 13.3 Å². The van der Waals surface area contributed by atoms with Crippen LogP contribution < -0.4 is 4.90 Å². The van der Waals surface area contributed by atoms with Gasteiger partial charge in [-0.2, -0.15) is 0 Å². The Balaban J connectivity index is 1.61. The molecule has 1 atom stereocenters. The Bertz CT molecular complexity index is 1160. The molecule has 0 saturated carbocycles. The van der Waals surface area contributed by atoms with E-state index in [0.29, 0.717) is 13.0 Å². The average molecular weight is 380 g/mol. The predicted molar refractivity (Wildman–Crippen MR) is 121 cm³/mol. The fourth-order valence-electron chi connectivity index (χ4n) is 3.77. The van der Waals surface area contributed by atoms with Crippen molar-refractivity contribution in [3.05, 3.63) is 78.9 Å². The molecule has 0 aliphatic rings. The molecule has 3 nitrogen and oxygen atoms in total. The first kappa shape index (κ1) is 18.8. The second-order valence-corrected chi connectivity index (χ2v) is 7.14. The molecule has 0 unspecified atom stereocenters. The maximum atomic E-state index is 12.9. The van der Waals surface area contributed by atoms with Gasteiger partial charge in [0.2, 0.25) is 5.91 Å². The molecule has 0 spiro atoms. The number of carbonyl (C=O) groups is 1. The van der Waals surface area contributed by atoms with Crippen LogP contribution in [0.15, 0.2) is 78.9 Å². The molecule has 1 heterocycles. The highest BCUT2D eigenvalue weighted by Gasteiger charge is 2.19. The topological polar surface area (TPSA) is 25.2 Å². The summed E-state index contributed by atoms with van der Waals surface area (Å²) in [6, 6.07) is 26.5. The molecule has 0 aliphatic heterocycles. The van der Waals surface area contributed by atoms with Gasteiger partial charge in [0.05, 0.1) is 12.5 Å². The molecule has 0 fully saturated rings. The Morgan fingerprint density at radius 1 is 0.897 bits per heavy atom. The second kappa shape index (κ2) is 8.24. The van der Waals surface area contributed by atoms with Crippen LogP contribution >= 0.6 is 0 Å². The summed E-state index contributed by atoms with van der Waals surface area (Å²) in [6.07, 6.45) is 0.691. The van der Waals surface area contributed by atoms with Gasteiger partial charge in [0.25, 0.3) is 0 Å². The number of nitrogens with zero attached hydrogens (tertiary/aromatic N) is 2. The lowest BCUT2D eigenvalue weighted by molar-refractivity contribution is -0.120. The van der Waals surface area contributed by atoms with Crippen molar-refractivity contribution in [2.24, 2.45) is 5.92 Å². The predicted octanol–water partition coefficient (Wildman–Crippen LogP) is 5.49. The summed E-state index contributed by atoms with van der Waals surface area (Å²) < 4.78 is 2.23. The van der Waals surface area contributed by atoms with E-state index in [1.165, 1.54) is 21.8 Å². The third-order valence-electron chi connectivity index (χ3n) is 5.37. The number of fused-ring (bicyclic) bond motifs is 3. The van der Waals surface area contributed by atoms with Gasteiger partial charge in [-0.25, -0.2) is 0 Å². The molecule has 3 aromatic carbocycles. The van der Waals surface area contributed by atoms with E-state index < -0.39 is 0 Å². The minimum atomic E-state index is -0.312. The molecule has 144 valence electrons. The first-order valence-electron chi connectivity index (χ1n) is 9.97. The van der Waals surface area contributed by atoms with Crippen molar-refractivity contribution in [1.29, 1.82) is 0 Å².